The number of rotatable bonds is 5. The van der Waals surface area contributed by atoms with Gasteiger partial charge in [-0.05, 0) is 32.9 Å². The topological polar surface area (TPSA) is 72.5 Å². The average Bonchev–Trinajstić information content (AvgIpc) is 2.63. The van der Waals surface area contributed by atoms with Crippen molar-refractivity contribution in [3.05, 3.63) is 17.0 Å². The number of hydrogen-bond donors (Lipinski definition) is 1. The molecule has 6 heteroatoms. The van der Waals surface area contributed by atoms with Crippen molar-refractivity contribution < 1.29 is 19.1 Å². The van der Waals surface area contributed by atoms with Gasteiger partial charge in [0.1, 0.15) is 0 Å². The van der Waals surface area contributed by atoms with E-state index in [1.54, 1.807) is 13.0 Å². The van der Waals surface area contributed by atoms with Crippen LogP contribution in [0, 0.1) is 12.8 Å². The summed E-state index contributed by atoms with van der Waals surface area (Å²) in [6, 6.07) is 3.56. The van der Waals surface area contributed by atoms with Gasteiger partial charge >= 0.3 is 5.97 Å². The maximum Gasteiger partial charge on any atom is 0.326 e. The Morgan fingerprint density at radius 1 is 1.39 bits per heavy atom. The van der Waals surface area contributed by atoms with E-state index in [2.05, 4.69) is 5.32 Å². The molecule has 0 spiro atoms. The number of carbonyl (C=O) groups is 3. The first kappa shape index (κ1) is 14.4. The van der Waals surface area contributed by atoms with Crippen molar-refractivity contribution >= 4 is 34.0 Å². The summed E-state index contributed by atoms with van der Waals surface area (Å²) in [5.41, 5.74) is 0. The summed E-state index contributed by atoms with van der Waals surface area (Å²) in [6.45, 7) is 4.85. The van der Waals surface area contributed by atoms with Crippen LogP contribution >= 0.6 is 11.3 Å². The normalized spacial score (nSPS) is 11.7. The van der Waals surface area contributed by atoms with E-state index in [0.29, 0.717) is 5.00 Å². The van der Waals surface area contributed by atoms with Crippen molar-refractivity contribution in [1.29, 1.82) is 0 Å². The van der Waals surface area contributed by atoms with Crippen LogP contribution in [0.3, 0.4) is 0 Å². The Bertz CT molecular complexity index is 466. The molecule has 1 N–H and O–H groups in total. The SMILES string of the molecule is CCOC(=O)C(C(C)=O)C(=O)Nc1ccc(C)s1. The third-order valence-corrected chi connectivity index (χ3v) is 3.09. The first-order chi connectivity index (χ1) is 8.45. The Kier molecular flexibility index (Phi) is 5.03. The van der Waals surface area contributed by atoms with Crippen LogP contribution in [0.5, 0.6) is 0 Å². The number of ether oxygens (including phenoxy) is 1. The third kappa shape index (κ3) is 3.66. The Hall–Kier alpha value is -1.69. The first-order valence-corrected chi connectivity index (χ1v) is 6.31. The molecular weight excluding hydrogens is 254 g/mol. The van der Waals surface area contributed by atoms with E-state index in [1.807, 2.05) is 13.0 Å². The highest BCUT2D eigenvalue weighted by molar-refractivity contribution is 7.16. The quantitative estimate of drug-likeness (QED) is 0.653. The second-order valence-electron chi connectivity index (χ2n) is 3.70. The lowest BCUT2D eigenvalue weighted by molar-refractivity contribution is -0.153. The number of carbonyl (C=O) groups excluding carboxylic acids is 3. The van der Waals surface area contributed by atoms with Crippen LogP contribution < -0.4 is 5.32 Å². The first-order valence-electron chi connectivity index (χ1n) is 5.50. The van der Waals surface area contributed by atoms with Gasteiger partial charge in [0.25, 0.3) is 0 Å². The average molecular weight is 269 g/mol. The molecule has 1 atom stereocenters. The zero-order chi connectivity index (χ0) is 13.7. The standard InChI is InChI=1S/C12H15NO4S/c1-4-17-12(16)10(8(3)14)11(15)13-9-6-5-7(2)18-9/h5-6,10H,4H2,1-3H3,(H,13,15). The zero-order valence-corrected chi connectivity index (χ0v) is 11.3. The van der Waals surface area contributed by atoms with Gasteiger partial charge in [-0.1, -0.05) is 0 Å². The molecule has 0 bridgehead atoms. The number of anilines is 1. The summed E-state index contributed by atoms with van der Waals surface area (Å²) < 4.78 is 4.71. The van der Waals surface area contributed by atoms with Crippen LogP contribution in [-0.4, -0.2) is 24.3 Å². The largest absolute Gasteiger partial charge is 0.465 e. The van der Waals surface area contributed by atoms with Crippen molar-refractivity contribution in [2.45, 2.75) is 20.8 Å². The van der Waals surface area contributed by atoms with Crippen LogP contribution in [0.15, 0.2) is 12.1 Å². The summed E-state index contributed by atoms with van der Waals surface area (Å²) >= 11 is 1.37. The molecule has 1 unspecified atom stereocenters. The summed E-state index contributed by atoms with van der Waals surface area (Å²) in [6.07, 6.45) is 0. The van der Waals surface area contributed by atoms with Crippen LogP contribution in [-0.2, 0) is 19.1 Å². The molecule has 0 radical (unpaired) electrons. The fourth-order valence-electron chi connectivity index (χ4n) is 1.38. The van der Waals surface area contributed by atoms with Gasteiger partial charge in [-0.15, -0.1) is 11.3 Å². The second kappa shape index (κ2) is 6.30. The molecule has 1 aromatic rings. The number of hydrogen-bond acceptors (Lipinski definition) is 5. The van der Waals surface area contributed by atoms with Gasteiger partial charge in [0.15, 0.2) is 11.7 Å². The second-order valence-corrected chi connectivity index (χ2v) is 4.98. The molecule has 0 aliphatic heterocycles. The molecular formula is C12H15NO4S. The molecule has 18 heavy (non-hydrogen) atoms. The molecule has 98 valence electrons. The number of Topliss-reactive ketones (excluding diaryl/α,β-unsaturated/α-hetero) is 1. The minimum Gasteiger partial charge on any atom is -0.465 e. The van der Waals surface area contributed by atoms with Crippen molar-refractivity contribution in [1.82, 2.24) is 0 Å². The van der Waals surface area contributed by atoms with E-state index in [9.17, 15) is 14.4 Å². The van der Waals surface area contributed by atoms with E-state index in [1.165, 1.54) is 18.3 Å². The van der Waals surface area contributed by atoms with Gasteiger partial charge in [-0.2, -0.15) is 0 Å². The molecule has 0 fully saturated rings. The minimum absolute atomic E-state index is 0.133. The molecule has 0 saturated heterocycles. The maximum absolute atomic E-state index is 11.9. The minimum atomic E-state index is -1.40. The number of ketones is 1. The molecule has 1 heterocycles. The van der Waals surface area contributed by atoms with Crippen LogP contribution in [0.25, 0.3) is 0 Å². The lowest BCUT2D eigenvalue weighted by Gasteiger charge is -2.11. The summed E-state index contributed by atoms with van der Waals surface area (Å²) in [7, 11) is 0. The predicted octanol–water partition coefficient (Wildman–Crippen LogP) is 1.76. The smallest absolute Gasteiger partial charge is 0.326 e. The monoisotopic (exact) mass is 269 g/mol. The van der Waals surface area contributed by atoms with Crippen molar-refractivity contribution in [2.24, 2.45) is 5.92 Å². The molecule has 0 aliphatic rings. The lowest BCUT2D eigenvalue weighted by Crippen LogP contribution is -2.36. The number of thiophene rings is 1. The van der Waals surface area contributed by atoms with Crippen molar-refractivity contribution in [3.63, 3.8) is 0 Å². The van der Waals surface area contributed by atoms with Gasteiger partial charge in [0.05, 0.1) is 11.6 Å². The van der Waals surface area contributed by atoms with E-state index in [0.717, 1.165) is 4.88 Å². The Labute approximate surface area is 109 Å². The Morgan fingerprint density at radius 3 is 2.50 bits per heavy atom. The molecule has 0 saturated carbocycles. The van der Waals surface area contributed by atoms with Gasteiger partial charge < -0.3 is 10.1 Å². The summed E-state index contributed by atoms with van der Waals surface area (Å²) in [5, 5.41) is 3.15. The zero-order valence-electron chi connectivity index (χ0n) is 10.5. The van der Waals surface area contributed by atoms with E-state index in [4.69, 9.17) is 4.74 Å². The van der Waals surface area contributed by atoms with Crippen molar-refractivity contribution in [3.8, 4) is 0 Å². The number of aryl methyl sites for hydroxylation is 1. The highest BCUT2D eigenvalue weighted by Crippen LogP contribution is 2.21. The van der Waals surface area contributed by atoms with Crippen LogP contribution in [0.4, 0.5) is 5.00 Å². The van der Waals surface area contributed by atoms with Gasteiger partial charge in [0.2, 0.25) is 5.91 Å². The van der Waals surface area contributed by atoms with Gasteiger partial charge in [0, 0.05) is 4.88 Å². The highest BCUT2D eigenvalue weighted by Gasteiger charge is 2.32. The summed E-state index contributed by atoms with van der Waals surface area (Å²) in [5.74, 6) is -3.38. The molecule has 0 aliphatic carbocycles. The Morgan fingerprint density at radius 2 is 2.06 bits per heavy atom. The molecule has 1 aromatic heterocycles. The number of nitrogens with one attached hydrogen (secondary N) is 1. The van der Waals surface area contributed by atoms with Crippen LogP contribution in [0.1, 0.15) is 18.7 Å². The highest BCUT2D eigenvalue weighted by atomic mass is 32.1. The fraction of sp³-hybridized carbons (Fsp3) is 0.417. The van der Waals surface area contributed by atoms with E-state index >= 15 is 0 Å². The van der Waals surface area contributed by atoms with Crippen LogP contribution in [0.2, 0.25) is 0 Å². The molecule has 0 aromatic carbocycles. The molecule has 5 nitrogen and oxygen atoms in total. The van der Waals surface area contributed by atoms with Crippen molar-refractivity contribution in [2.75, 3.05) is 11.9 Å². The summed E-state index contributed by atoms with van der Waals surface area (Å²) in [4.78, 5) is 35.7. The maximum atomic E-state index is 11.9. The molecule has 1 rings (SSSR count). The fourth-order valence-corrected chi connectivity index (χ4v) is 2.15. The predicted molar refractivity (Wildman–Crippen MR) is 68.5 cm³/mol. The van der Waals surface area contributed by atoms with E-state index in [-0.39, 0.29) is 6.61 Å². The Balaban J connectivity index is 2.77. The third-order valence-electron chi connectivity index (χ3n) is 2.18. The van der Waals surface area contributed by atoms with E-state index < -0.39 is 23.6 Å². The number of amides is 1. The number of esters is 1. The molecule has 1 amide bonds. The van der Waals surface area contributed by atoms with Gasteiger partial charge in [-0.25, -0.2) is 0 Å². The van der Waals surface area contributed by atoms with Gasteiger partial charge in [-0.3, -0.25) is 14.4 Å². The lowest BCUT2D eigenvalue weighted by atomic mass is 10.1.